The van der Waals surface area contributed by atoms with E-state index >= 15 is 0 Å². The van der Waals surface area contributed by atoms with Crippen molar-refractivity contribution in [2.75, 3.05) is 6.61 Å². The van der Waals surface area contributed by atoms with E-state index in [1.807, 2.05) is 0 Å². The lowest BCUT2D eigenvalue weighted by atomic mass is 9.91. The maximum atomic E-state index is 12.0. The van der Waals surface area contributed by atoms with Gasteiger partial charge in [0.05, 0.1) is 6.61 Å². The molecule has 0 saturated heterocycles. The normalized spacial score (nSPS) is 12.6. The quantitative estimate of drug-likeness (QED) is 0.227. The lowest BCUT2D eigenvalue weighted by Crippen LogP contribution is -2.14. The SMILES string of the molecule is CCCCCCCCC(CCCCCC)CC(=O)OCC(C)C. The number of hydrogen-bond acceptors (Lipinski definition) is 2. The van der Waals surface area contributed by atoms with E-state index in [2.05, 4.69) is 27.7 Å². The molecule has 0 radical (unpaired) electrons. The maximum Gasteiger partial charge on any atom is 0.306 e. The van der Waals surface area contributed by atoms with Gasteiger partial charge in [-0.1, -0.05) is 91.9 Å². The summed E-state index contributed by atoms with van der Waals surface area (Å²) in [6.45, 7) is 9.25. The molecule has 0 rings (SSSR count). The zero-order valence-electron chi connectivity index (χ0n) is 16.4. The number of ether oxygens (including phenoxy) is 1. The van der Waals surface area contributed by atoms with Gasteiger partial charge in [-0.2, -0.15) is 0 Å². The minimum absolute atomic E-state index is 0.0187. The molecule has 0 aliphatic heterocycles. The van der Waals surface area contributed by atoms with Crippen molar-refractivity contribution in [3.8, 4) is 0 Å². The minimum Gasteiger partial charge on any atom is -0.465 e. The molecule has 1 unspecified atom stereocenters. The van der Waals surface area contributed by atoms with Gasteiger partial charge >= 0.3 is 5.97 Å². The average molecular weight is 327 g/mol. The van der Waals surface area contributed by atoms with Crippen LogP contribution in [0.2, 0.25) is 0 Å². The summed E-state index contributed by atoms with van der Waals surface area (Å²) < 4.78 is 5.38. The summed E-state index contributed by atoms with van der Waals surface area (Å²) in [5, 5.41) is 0. The third-order valence-corrected chi connectivity index (χ3v) is 4.46. The summed E-state index contributed by atoms with van der Waals surface area (Å²) in [4.78, 5) is 12.0. The van der Waals surface area contributed by atoms with E-state index in [-0.39, 0.29) is 5.97 Å². The van der Waals surface area contributed by atoms with Crippen LogP contribution in [0.5, 0.6) is 0 Å². The average Bonchev–Trinajstić information content (AvgIpc) is 2.52. The van der Waals surface area contributed by atoms with Gasteiger partial charge in [-0.3, -0.25) is 4.79 Å². The van der Waals surface area contributed by atoms with Crippen molar-refractivity contribution in [1.82, 2.24) is 0 Å². The maximum absolute atomic E-state index is 12.0. The fourth-order valence-corrected chi connectivity index (χ4v) is 2.98. The molecular formula is C21H42O2. The Labute approximate surface area is 145 Å². The second kappa shape index (κ2) is 16.3. The molecule has 2 heteroatoms. The van der Waals surface area contributed by atoms with Gasteiger partial charge in [-0.25, -0.2) is 0 Å². The molecule has 0 N–H and O–H groups in total. The number of esters is 1. The molecule has 0 saturated carbocycles. The summed E-state index contributed by atoms with van der Waals surface area (Å²) in [7, 11) is 0. The highest BCUT2D eigenvalue weighted by Crippen LogP contribution is 2.22. The highest BCUT2D eigenvalue weighted by molar-refractivity contribution is 5.69. The lowest BCUT2D eigenvalue weighted by Gasteiger charge is -2.17. The molecule has 1 atom stereocenters. The van der Waals surface area contributed by atoms with Gasteiger partial charge in [0.15, 0.2) is 0 Å². The van der Waals surface area contributed by atoms with E-state index in [1.165, 1.54) is 77.0 Å². The Morgan fingerprint density at radius 3 is 1.78 bits per heavy atom. The molecule has 0 fully saturated rings. The highest BCUT2D eigenvalue weighted by atomic mass is 16.5. The van der Waals surface area contributed by atoms with Crippen LogP contribution < -0.4 is 0 Å². The largest absolute Gasteiger partial charge is 0.465 e. The van der Waals surface area contributed by atoms with Crippen molar-refractivity contribution < 1.29 is 9.53 Å². The Morgan fingerprint density at radius 1 is 0.783 bits per heavy atom. The van der Waals surface area contributed by atoms with Crippen LogP contribution in [0.15, 0.2) is 0 Å². The summed E-state index contributed by atoms with van der Waals surface area (Å²) in [5.74, 6) is 0.989. The zero-order valence-corrected chi connectivity index (χ0v) is 16.4. The fourth-order valence-electron chi connectivity index (χ4n) is 2.98. The Hall–Kier alpha value is -0.530. The summed E-state index contributed by atoms with van der Waals surface area (Å²) >= 11 is 0. The van der Waals surface area contributed by atoms with Crippen LogP contribution in [0, 0.1) is 11.8 Å². The molecular weight excluding hydrogens is 284 g/mol. The topological polar surface area (TPSA) is 26.3 Å². The molecule has 0 heterocycles. The molecule has 0 aromatic rings. The van der Waals surface area contributed by atoms with Crippen LogP contribution in [0.4, 0.5) is 0 Å². The van der Waals surface area contributed by atoms with Crippen molar-refractivity contribution in [2.45, 2.75) is 111 Å². The van der Waals surface area contributed by atoms with E-state index in [4.69, 9.17) is 4.74 Å². The van der Waals surface area contributed by atoms with Crippen molar-refractivity contribution in [3.63, 3.8) is 0 Å². The first-order valence-electron chi connectivity index (χ1n) is 10.3. The highest BCUT2D eigenvalue weighted by Gasteiger charge is 2.15. The monoisotopic (exact) mass is 326 g/mol. The van der Waals surface area contributed by atoms with Crippen molar-refractivity contribution >= 4 is 5.97 Å². The van der Waals surface area contributed by atoms with Crippen LogP contribution in [0.1, 0.15) is 111 Å². The van der Waals surface area contributed by atoms with Crippen LogP contribution >= 0.6 is 0 Å². The lowest BCUT2D eigenvalue weighted by molar-refractivity contribution is -0.146. The van der Waals surface area contributed by atoms with E-state index in [1.54, 1.807) is 0 Å². The van der Waals surface area contributed by atoms with Crippen LogP contribution in [-0.2, 0) is 9.53 Å². The van der Waals surface area contributed by atoms with E-state index in [9.17, 15) is 4.79 Å². The van der Waals surface area contributed by atoms with E-state index < -0.39 is 0 Å². The number of rotatable bonds is 16. The first-order chi connectivity index (χ1) is 11.1. The molecule has 2 nitrogen and oxygen atoms in total. The Kier molecular flexibility index (Phi) is 16.0. The summed E-state index contributed by atoms with van der Waals surface area (Å²) in [6, 6.07) is 0. The van der Waals surface area contributed by atoms with Gasteiger partial charge < -0.3 is 4.74 Å². The summed E-state index contributed by atoms with van der Waals surface area (Å²) in [6.07, 6.45) is 16.2. The Balaban J connectivity index is 3.99. The fraction of sp³-hybridized carbons (Fsp3) is 0.952. The molecule has 0 aliphatic rings. The van der Waals surface area contributed by atoms with Crippen molar-refractivity contribution in [3.05, 3.63) is 0 Å². The second-order valence-electron chi connectivity index (χ2n) is 7.55. The molecule has 0 bridgehead atoms. The van der Waals surface area contributed by atoms with Gasteiger partial charge in [0.25, 0.3) is 0 Å². The number of carbonyl (C=O) groups excluding carboxylic acids is 1. The predicted molar refractivity (Wildman–Crippen MR) is 101 cm³/mol. The van der Waals surface area contributed by atoms with E-state index in [0.717, 1.165) is 0 Å². The molecule has 138 valence electrons. The van der Waals surface area contributed by atoms with Gasteiger partial charge in [0.2, 0.25) is 0 Å². The molecule has 0 aliphatic carbocycles. The second-order valence-corrected chi connectivity index (χ2v) is 7.55. The smallest absolute Gasteiger partial charge is 0.306 e. The number of hydrogen-bond donors (Lipinski definition) is 0. The third kappa shape index (κ3) is 16.1. The number of carbonyl (C=O) groups is 1. The van der Waals surface area contributed by atoms with Crippen molar-refractivity contribution in [2.24, 2.45) is 11.8 Å². The first-order valence-corrected chi connectivity index (χ1v) is 10.3. The van der Waals surface area contributed by atoms with Gasteiger partial charge in [-0.15, -0.1) is 0 Å². The van der Waals surface area contributed by atoms with Crippen LogP contribution in [0.3, 0.4) is 0 Å². The predicted octanol–water partition coefficient (Wildman–Crippen LogP) is 6.91. The first kappa shape index (κ1) is 22.5. The molecule has 0 amide bonds. The van der Waals surface area contributed by atoms with Gasteiger partial charge in [-0.05, 0) is 24.7 Å². The minimum atomic E-state index is 0.0187. The molecule has 0 aromatic carbocycles. The van der Waals surface area contributed by atoms with Crippen LogP contribution in [-0.4, -0.2) is 12.6 Å². The van der Waals surface area contributed by atoms with Crippen LogP contribution in [0.25, 0.3) is 0 Å². The molecule has 0 spiro atoms. The third-order valence-electron chi connectivity index (χ3n) is 4.46. The number of unbranched alkanes of at least 4 members (excludes halogenated alkanes) is 8. The molecule has 23 heavy (non-hydrogen) atoms. The zero-order chi connectivity index (χ0) is 17.3. The Morgan fingerprint density at radius 2 is 1.26 bits per heavy atom. The molecule has 0 aromatic heterocycles. The Bertz CT molecular complexity index is 261. The van der Waals surface area contributed by atoms with E-state index in [0.29, 0.717) is 24.9 Å². The standard InChI is InChI=1S/C21H42O2/c1-5-7-9-11-12-14-16-20(15-13-10-8-6-2)17-21(22)23-18-19(3)4/h19-20H,5-18H2,1-4H3. The van der Waals surface area contributed by atoms with Gasteiger partial charge in [0, 0.05) is 6.42 Å². The van der Waals surface area contributed by atoms with Gasteiger partial charge in [0.1, 0.15) is 0 Å². The van der Waals surface area contributed by atoms with Crippen molar-refractivity contribution in [1.29, 1.82) is 0 Å². The summed E-state index contributed by atoms with van der Waals surface area (Å²) in [5.41, 5.74) is 0.